The van der Waals surface area contributed by atoms with E-state index in [1.807, 2.05) is 68.4 Å². The van der Waals surface area contributed by atoms with E-state index >= 15 is 0 Å². The van der Waals surface area contributed by atoms with Gasteiger partial charge < -0.3 is 10.1 Å². The monoisotopic (exact) mass is 344 g/mol. The summed E-state index contributed by atoms with van der Waals surface area (Å²) in [4.78, 5) is 12.5. The van der Waals surface area contributed by atoms with Crippen LogP contribution in [-0.2, 0) is 9.53 Å². The number of nitriles is 1. The van der Waals surface area contributed by atoms with Crippen LogP contribution in [0, 0.1) is 18.3 Å². The van der Waals surface area contributed by atoms with Gasteiger partial charge in [-0.25, -0.2) is 4.79 Å². The lowest BCUT2D eigenvalue weighted by Crippen LogP contribution is -2.28. The zero-order valence-electron chi connectivity index (χ0n) is 15.0. The van der Waals surface area contributed by atoms with Gasteiger partial charge in [-0.15, -0.1) is 0 Å². The number of rotatable bonds is 3. The number of nitrogens with one attached hydrogen (secondary N) is 1. The maximum atomic E-state index is 12.5. The molecule has 26 heavy (non-hydrogen) atoms. The molecule has 0 aromatic heterocycles. The van der Waals surface area contributed by atoms with Crippen LogP contribution in [-0.4, -0.2) is 13.1 Å². The summed E-state index contributed by atoms with van der Waals surface area (Å²) in [5.41, 5.74) is 5.31. The molecule has 2 aromatic carbocycles. The molecule has 130 valence electrons. The fraction of sp³-hybridized carbons (Fsp3) is 0.182. The molecule has 0 aliphatic carbocycles. The molecule has 0 spiro atoms. The first-order chi connectivity index (χ1) is 12.6. The van der Waals surface area contributed by atoms with Crippen molar-refractivity contribution in [2.45, 2.75) is 19.8 Å². The Morgan fingerprint density at radius 3 is 2.31 bits per heavy atom. The van der Waals surface area contributed by atoms with Crippen LogP contribution in [0.5, 0.6) is 0 Å². The van der Waals surface area contributed by atoms with Gasteiger partial charge in [-0.1, -0.05) is 60.2 Å². The van der Waals surface area contributed by atoms with E-state index in [4.69, 9.17) is 4.74 Å². The molecule has 0 bridgehead atoms. The Morgan fingerprint density at radius 2 is 1.73 bits per heavy atom. The number of benzene rings is 2. The van der Waals surface area contributed by atoms with Gasteiger partial charge in [0.05, 0.1) is 35.9 Å². The molecule has 1 atom stereocenters. The van der Waals surface area contributed by atoms with Crippen molar-refractivity contribution in [3.8, 4) is 6.07 Å². The maximum Gasteiger partial charge on any atom is 0.336 e. The van der Waals surface area contributed by atoms with E-state index in [2.05, 4.69) is 11.4 Å². The molecule has 3 rings (SSSR count). The van der Waals surface area contributed by atoms with Crippen LogP contribution in [0.4, 0.5) is 0 Å². The van der Waals surface area contributed by atoms with E-state index in [1.165, 1.54) is 7.11 Å². The Bertz CT molecular complexity index is 932. The minimum atomic E-state index is -0.468. The summed E-state index contributed by atoms with van der Waals surface area (Å²) < 4.78 is 5.00. The SMILES string of the molecule is COC(=O)C1=C(C)NC(c2ccccc2)=C(C#N)C1c1ccc(C)cc1. The highest BCUT2D eigenvalue weighted by molar-refractivity contribution is 5.95. The van der Waals surface area contributed by atoms with Crippen molar-refractivity contribution >= 4 is 11.7 Å². The van der Waals surface area contributed by atoms with Crippen molar-refractivity contribution in [3.05, 3.63) is 88.1 Å². The Morgan fingerprint density at radius 1 is 1.08 bits per heavy atom. The van der Waals surface area contributed by atoms with Crippen molar-refractivity contribution in [1.29, 1.82) is 5.26 Å². The number of hydrogen-bond donors (Lipinski definition) is 1. The molecule has 0 amide bonds. The van der Waals surface area contributed by atoms with E-state index < -0.39 is 11.9 Å². The molecule has 0 saturated heterocycles. The van der Waals surface area contributed by atoms with Crippen LogP contribution in [0.15, 0.2) is 71.4 Å². The smallest absolute Gasteiger partial charge is 0.336 e. The second kappa shape index (κ2) is 7.28. The van der Waals surface area contributed by atoms with Gasteiger partial charge >= 0.3 is 5.97 Å². The van der Waals surface area contributed by atoms with Gasteiger partial charge in [0.25, 0.3) is 0 Å². The Hall–Kier alpha value is -3.32. The number of carbonyl (C=O) groups excluding carboxylic acids is 1. The Kier molecular flexibility index (Phi) is 4.90. The molecule has 0 radical (unpaired) electrons. The number of allylic oxidation sites excluding steroid dienone is 2. The summed E-state index contributed by atoms with van der Waals surface area (Å²) in [6, 6.07) is 19.9. The molecule has 2 aromatic rings. The average Bonchev–Trinajstić information content (AvgIpc) is 2.68. The number of nitrogens with zero attached hydrogens (tertiary/aromatic N) is 1. The third kappa shape index (κ3) is 3.12. The van der Waals surface area contributed by atoms with Gasteiger partial charge in [0.2, 0.25) is 0 Å². The molecule has 4 heteroatoms. The third-order valence-corrected chi connectivity index (χ3v) is 4.56. The number of aryl methyl sites for hydroxylation is 1. The topological polar surface area (TPSA) is 62.1 Å². The lowest BCUT2D eigenvalue weighted by molar-refractivity contribution is -0.136. The number of methoxy groups -OCH3 is 1. The molecule has 1 unspecified atom stereocenters. The van der Waals surface area contributed by atoms with Crippen molar-refractivity contribution < 1.29 is 9.53 Å². The van der Waals surface area contributed by atoms with Crippen molar-refractivity contribution in [3.63, 3.8) is 0 Å². The Balaban J connectivity index is 2.24. The largest absolute Gasteiger partial charge is 0.466 e. The van der Waals surface area contributed by atoms with Crippen molar-refractivity contribution in [2.75, 3.05) is 7.11 Å². The normalized spacial score (nSPS) is 16.8. The van der Waals surface area contributed by atoms with E-state index in [1.54, 1.807) is 0 Å². The second-order valence-corrected chi connectivity index (χ2v) is 6.27. The summed E-state index contributed by atoms with van der Waals surface area (Å²) in [5.74, 6) is -0.898. The predicted molar refractivity (Wildman–Crippen MR) is 101 cm³/mol. The number of carbonyl (C=O) groups is 1. The minimum Gasteiger partial charge on any atom is -0.466 e. The maximum absolute atomic E-state index is 12.5. The quantitative estimate of drug-likeness (QED) is 0.853. The highest BCUT2D eigenvalue weighted by Crippen LogP contribution is 2.40. The van der Waals surface area contributed by atoms with Gasteiger partial charge in [-0.3, -0.25) is 0 Å². The molecule has 4 nitrogen and oxygen atoms in total. The first-order valence-corrected chi connectivity index (χ1v) is 8.39. The van der Waals surface area contributed by atoms with E-state index in [-0.39, 0.29) is 0 Å². The first-order valence-electron chi connectivity index (χ1n) is 8.39. The zero-order chi connectivity index (χ0) is 18.7. The highest BCUT2D eigenvalue weighted by atomic mass is 16.5. The van der Waals surface area contributed by atoms with Gasteiger partial charge in [0.1, 0.15) is 0 Å². The molecule has 1 heterocycles. The van der Waals surface area contributed by atoms with Crippen LogP contribution in [0.1, 0.15) is 29.5 Å². The lowest BCUT2D eigenvalue weighted by Gasteiger charge is -2.29. The van der Waals surface area contributed by atoms with E-state index in [0.29, 0.717) is 16.8 Å². The van der Waals surface area contributed by atoms with Crippen LogP contribution in [0.2, 0.25) is 0 Å². The highest BCUT2D eigenvalue weighted by Gasteiger charge is 2.35. The molecular weight excluding hydrogens is 324 g/mol. The fourth-order valence-corrected chi connectivity index (χ4v) is 3.25. The standard InChI is InChI=1S/C22H20N2O2/c1-14-9-11-16(12-10-14)20-18(13-23)21(17-7-5-4-6-8-17)24-15(2)19(20)22(25)26-3/h4-12,20,24H,1-3H3. The summed E-state index contributed by atoms with van der Waals surface area (Å²) >= 11 is 0. The summed E-state index contributed by atoms with van der Waals surface area (Å²) in [6.07, 6.45) is 0. The summed E-state index contributed by atoms with van der Waals surface area (Å²) in [6.45, 7) is 3.84. The molecule has 1 N–H and O–H groups in total. The second-order valence-electron chi connectivity index (χ2n) is 6.27. The average molecular weight is 344 g/mol. The van der Waals surface area contributed by atoms with E-state index in [9.17, 15) is 10.1 Å². The number of hydrogen-bond acceptors (Lipinski definition) is 4. The van der Waals surface area contributed by atoms with Crippen LogP contribution >= 0.6 is 0 Å². The molecule has 0 fully saturated rings. The summed E-state index contributed by atoms with van der Waals surface area (Å²) in [7, 11) is 1.36. The van der Waals surface area contributed by atoms with Gasteiger partial charge in [0, 0.05) is 5.70 Å². The molecule has 1 aliphatic rings. The lowest BCUT2D eigenvalue weighted by atomic mass is 9.79. The predicted octanol–water partition coefficient (Wildman–Crippen LogP) is 4.06. The molecular formula is C22H20N2O2. The van der Waals surface area contributed by atoms with Gasteiger partial charge in [0.15, 0.2) is 0 Å². The number of dihydropyridines is 1. The Labute approximate surface area is 153 Å². The van der Waals surface area contributed by atoms with Crippen LogP contribution in [0.25, 0.3) is 5.70 Å². The summed E-state index contributed by atoms with van der Waals surface area (Å²) in [5, 5.41) is 13.2. The fourth-order valence-electron chi connectivity index (χ4n) is 3.25. The third-order valence-electron chi connectivity index (χ3n) is 4.56. The first kappa shape index (κ1) is 17.5. The van der Waals surface area contributed by atoms with Crippen LogP contribution in [0.3, 0.4) is 0 Å². The molecule has 0 saturated carbocycles. The number of ether oxygens (including phenoxy) is 1. The van der Waals surface area contributed by atoms with Crippen molar-refractivity contribution in [2.24, 2.45) is 0 Å². The minimum absolute atomic E-state index is 0.430. The molecule has 1 aliphatic heterocycles. The number of esters is 1. The van der Waals surface area contributed by atoms with Gasteiger partial charge in [-0.05, 0) is 25.0 Å². The van der Waals surface area contributed by atoms with Gasteiger partial charge in [-0.2, -0.15) is 5.26 Å². The van der Waals surface area contributed by atoms with Crippen LogP contribution < -0.4 is 5.32 Å². The van der Waals surface area contributed by atoms with E-state index in [0.717, 1.165) is 22.4 Å². The van der Waals surface area contributed by atoms with Crippen molar-refractivity contribution in [1.82, 2.24) is 5.32 Å². The zero-order valence-corrected chi connectivity index (χ0v) is 15.0.